The van der Waals surface area contributed by atoms with Gasteiger partial charge in [0.15, 0.2) is 0 Å². The van der Waals surface area contributed by atoms with Crippen molar-refractivity contribution in [1.82, 2.24) is 5.32 Å². The fraction of sp³-hybridized carbons (Fsp3) is 0.875. The van der Waals surface area contributed by atoms with Crippen LogP contribution in [0.3, 0.4) is 0 Å². The van der Waals surface area contributed by atoms with E-state index in [9.17, 15) is 4.79 Å². The molecule has 1 aliphatic rings. The molecule has 3 nitrogen and oxygen atoms in total. The van der Waals surface area contributed by atoms with E-state index in [0.29, 0.717) is 12.5 Å². The Balaban J connectivity index is 2.12. The number of carbonyl (C=O) groups is 1. The van der Waals surface area contributed by atoms with Gasteiger partial charge in [-0.25, -0.2) is 0 Å². The van der Waals surface area contributed by atoms with E-state index in [1.165, 1.54) is 0 Å². The van der Waals surface area contributed by atoms with Crippen LogP contribution in [0.4, 0.5) is 0 Å². The Morgan fingerprint density at radius 2 is 2.36 bits per heavy atom. The average Bonchev–Trinajstić information content (AvgIpc) is 2.67. The zero-order valence-electron chi connectivity index (χ0n) is 7.09. The summed E-state index contributed by atoms with van der Waals surface area (Å²) < 4.78 is 4.89. The molecule has 3 heteroatoms. The van der Waals surface area contributed by atoms with E-state index < -0.39 is 0 Å². The molecule has 0 aliphatic heterocycles. The third-order valence-corrected chi connectivity index (χ3v) is 1.75. The summed E-state index contributed by atoms with van der Waals surface area (Å²) in [6.45, 7) is 2.54. The molecule has 1 rings (SSSR count). The molecule has 0 aromatic rings. The van der Waals surface area contributed by atoms with Crippen molar-refractivity contribution in [2.75, 3.05) is 13.7 Å². The number of methoxy groups -OCH3 is 1. The van der Waals surface area contributed by atoms with Gasteiger partial charge < -0.3 is 10.1 Å². The number of hydrogen-bond acceptors (Lipinski definition) is 2. The number of ether oxygens (including phenoxy) is 1. The van der Waals surface area contributed by atoms with Gasteiger partial charge in [0, 0.05) is 19.1 Å². The van der Waals surface area contributed by atoms with Crippen molar-refractivity contribution in [1.29, 1.82) is 0 Å². The average molecular weight is 157 g/mol. The predicted octanol–water partition coefficient (Wildman–Crippen LogP) is 0.547. The van der Waals surface area contributed by atoms with E-state index in [-0.39, 0.29) is 11.9 Å². The molecule has 1 N–H and O–H groups in total. The lowest BCUT2D eigenvalue weighted by molar-refractivity contribution is -0.123. The molecule has 11 heavy (non-hydrogen) atoms. The highest BCUT2D eigenvalue weighted by atomic mass is 16.5. The zero-order chi connectivity index (χ0) is 8.27. The summed E-state index contributed by atoms with van der Waals surface area (Å²) in [5, 5.41) is 2.88. The van der Waals surface area contributed by atoms with Crippen molar-refractivity contribution >= 4 is 5.91 Å². The maximum Gasteiger partial charge on any atom is 0.223 e. The van der Waals surface area contributed by atoms with Crippen LogP contribution in [0.5, 0.6) is 0 Å². The number of hydrogen-bond donors (Lipinski definition) is 1. The summed E-state index contributed by atoms with van der Waals surface area (Å²) in [5.41, 5.74) is 0. The summed E-state index contributed by atoms with van der Waals surface area (Å²) >= 11 is 0. The van der Waals surface area contributed by atoms with Gasteiger partial charge in [-0.2, -0.15) is 0 Å². The van der Waals surface area contributed by atoms with E-state index in [1.807, 2.05) is 6.92 Å². The van der Waals surface area contributed by atoms with Crippen molar-refractivity contribution < 1.29 is 9.53 Å². The third-order valence-electron chi connectivity index (χ3n) is 1.75. The van der Waals surface area contributed by atoms with Crippen LogP contribution in [0.25, 0.3) is 0 Å². The molecular weight excluding hydrogens is 142 g/mol. The van der Waals surface area contributed by atoms with Crippen LogP contribution in [0.15, 0.2) is 0 Å². The molecule has 0 bridgehead atoms. The van der Waals surface area contributed by atoms with Crippen molar-refractivity contribution in [3.05, 3.63) is 0 Å². The first kappa shape index (κ1) is 8.53. The number of rotatable bonds is 4. The molecule has 64 valence electrons. The van der Waals surface area contributed by atoms with Gasteiger partial charge in [-0.05, 0) is 19.8 Å². The minimum atomic E-state index is 0.146. The van der Waals surface area contributed by atoms with Gasteiger partial charge in [0.2, 0.25) is 5.91 Å². The number of carbonyl (C=O) groups excluding carboxylic acids is 1. The predicted molar refractivity (Wildman–Crippen MR) is 42.2 cm³/mol. The van der Waals surface area contributed by atoms with Crippen molar-refractivity contribution in [2.24, 2.45) is 5.92 Å². The molecule has 0 aromatic heterocycles. The highest BCUT2D eigenvalue weighted by molar-refractivity contribution is 5.81. The molecule has 0 radical (unpaired) electrons. The van der Waals surface area contributed by atoms with Gasteiger partial charge in [-0.1, -0.05) is 0 Å². The first-order valence-corrected chi connectivity index (χ1v) is 4.03. The van der Waals surface area contributed by atoms with E-state index >= 15 is 0 Å². The van der Waals surface area contributed by atoms with Gasteiger partial charge in [0.05, 0.1) is 6.61 Å². The van der Waals surface area contributed by atoms with Gasteiger partial charge in [-0.15, -0.1) is 0 Å². The molecule has 1 amide bonds. The van der Waals surface area contributed by atoms with Crippen molar-refractivity contribution in [2.45, 2.75) is 25.8 Å². The van der Waals surface area contributed by atoms with E-state index in [4.69, 9.17) is 4.74 Å². The minimum Gasteiger partial charge on any atom is -0.383 e. The van der Waals surface area contributed by atoms with Crippen molar-refractivity contribution in [3.8, 4) is 0 Å². The van der Waals surface area contributed by atoms with Crippen LogP contribution in [0.1, 0.15) is 19.8 Å². The number of amides is 1. The Kier molecular flexibility index (Phi) is 2.88. The molecule has 0 saturated heterocycles. The van der Waals surface area contributed by atoms with Crippen LogP contribution >= 0.6 is 0 Å². The largest absolute Gasteiger partial charge is 0.383 e. The van der Waals surface area contributed by atoms with Gasteiger partial charge in [0.25, 0.3) is 0 Å². The first-order valence-electron chi connectivity index (χ1n) is 4.03. The van der Waals surface area contributed by atoms with E-state index in [1.54, 1.807) is 7.11 Å². The van der Waals surface area contributed by atoms with Crippen molar-refractivity contribution in [3.63, 3.8) is 0 Å². The van der Waals surface area contributed by atoms with Gasteiger partial charge >= 0.3 is 0 Å². The lowest BCUT2D eigenvalue weighted by atomic mass is 10.3. The lowest BCUT2D eigenvalue weighted by Gasteiger charge is -2.11. The molecule has 1 aliphatic carbocycles. The topological polar surface area (TPSA) is 38.3 Å². The summed E-state index contributed by atoms with van der Waals surface area (Å²) in [6.07, 6.45) is 2.12. The highest BCUT2D eigenvalue weighted by Gasteiger charge is 2.29. The van der Waals surface area contributed by atoms with E-state index in [0.717, 1.165) is 12.8 Å². The Morgan fingerprint density at radius 1 is 1.73 bits per heavy atom. The highest BCUT2D eigenvalue weighted by Crippen LogP contribution is 2.28. The Labute approximate surface area is 67.1 Å². The Morgan fingerprint density at radius 3 is 2.82 bits per heavy atom. The molecule has 0 unspecified atom stereocenters. The monoisotopic (exact) mass is 157 g/mol. The fourth-order valence-electron chi connectivity index (χ4n) is 0.998. The Bertz CT molecular complexity index is 143. The second-order valence-electron chi connectivity index (χ2n) is 3.14. The smallest absolute Gasteiger partial charge is 0.223 e. The minimum absolute atomic E-state index is 0.146. The zero-order valence-corrected chi connectivity index (χ0v) is 7.09. The second-order valence-corrected chi connectivity index (χ2v) is 3.14. The summed E-state index contributed by atoms with van der Waals surface area (Å²) in [6, 6.07) is 0.146. The number of nitrogens with one attached hydrogen (secondary N) is 1. The molecule has 0 heterocycles. The Hall–Kier alpha value is -0.570. The lowest BCUT2D eigenvalue weighted by Crippen LogP contribution is -2.36. The van der Waals surface area contributed by atoms with E-state index in [2.05, 4.69) is 5.32 Å². The summed E-state index contributed by atoms with van der Waals surface area (Å²) in [4.78, 5) is 11.1. The molecular formula is C8H15NO2. The summed E-state index contributed by atoms with van der Waals surface area (Å²) in [7, 11) is 1.64. The third kappa shape index (κ3) is 2.89. The summed E-state index contributed by atoms with van der Waals surface area (Å²) in [5.74, 6) is 0.490. The molecule has 0 spiro atoms. The van der Waals surface area contributed by atoms with Crippen LogP contribution in [-0.4, -0.2) is 25.7 Å². The molecule has 0 aromatic carbocycles. The molecule has 1 atom stereocenters. The van der Waals surface area contributed by atoms with Gasteiger partial charge in [-0.3, -0.25) is 4.79 Å². The van der Waals surface area contributed by atoms with Gasteiger partial charge in [0.1, 0.15) is 0 Å². The fourth-order valence-corrected chi connectivity index (χ4v) is 0.998. The quantitative estimate of drug-likeness (QED) is 0.647. The second kappa shape index (κ2) is 3.72. The normalized spacial score (nSPS) is 19.5. The first-order chi connectivity index (χ1) is 5.24. The molecule has 1 saturated carbocycles. The van der Waals surface area contributed by atoms with Crippen LogP contribution in [-0.2, 0) is 9.53 Å². The molecule has 1 fully saturated rings. The maximum atomic E-state index is 11.1. The SMILES string of the molecule is COC[C@@H](C)NC(=O)C1CC1. The van der Waals surface area contributed by atoms with Crippen LogP contribution < -0.4 is 5.32 Å². The van der Waals surface area contributed by atoms with Crippen LogP contribution in [0, 0.1) is 5.92 Å². The standard InChI is InChI=1S/C8H15NO2/c1-6(5-11-2)9-8(10)7-3-4-7/h6-7H,3-5H2,1-2H3,(H,9,10)/t6-/m1/s1. The maximum absolute atomic E-state index is 11.1. The van der Waals surface area contributed by atoms with Crippen LogP contribution in [0.2, 0.25) is 0 Å².